The minimum atomic E-state index is -1.09. The third-order valence-electron chi connectivity index (χ3n) is 2.80. The number of hydrogen-bond donors (Lipinski definition) is 4. The van der Waals surface area contributed by atoms with E-state index in [1.165, 1.54) is 12.5 Å². The number of carbonyl (C=O) groups excluding carboxylic acids is 1. The Balaban J connectivity index is 2.64. The Morgan fingerprint density at radius 3 is 2.67 bits per heavy atom. The Morgan fingerprint density at radius 2 is 2.22 bits per heavy atom. The molecule has 0 aliphatic rings. The average Bonchev–Trinajstić information content (AvgIpc) is 2.79. The minimum absolute atomic E-state index is 0.159. The first kappa shape index (κ1) is 14.2. The van der Waals surface area contributed by atoms with E-state index in [-0.39, 0.29) is 18.4 Å². The lowest BCUT2D eigenvalue weighted by molar-refractivity contribution is -0.142. The summed E-state index contributed by atoms with van der Waals surface area (Å²) in [6.45, 7) is 3.37. The van der Waals surface area contributed by atoms with Crippen molar-refractivity contribution in [3.63, 3.8) is 0 Å². The second-order valence-electron chi connectivity index (χ2n) is 4.33. The summed E-state index contributed by atoms with van der Waals surface area (Å²) in [6, 6.07) is -1.31. The van der Waals surface area contributed by atoms with Crippen molar-refractivity contribution in [2.45, 2.75) is 32.4 Å². The molecule has 0 aliphatic carbocycles. The van der Waals surface area contributed by atoms with Gasteiger partial charge in [-0.25, -0.2) is 9.78 Å². The molecule has 7 heteroatoms. The number of amides is 1. The molecule has 7 nitrogen and oxygen atoms in total. The van der Waals surface area contributed by atoms with Crippen LogP contribution >= 0.6 is 0 Å². The van der Waals surface area contributed by atoms with Crippen LogP contribution < -0.4 is 11.1 Å². The maximum Gasteiger partial charge on any atom is 0.326 e. The maximum atomic E-state index is 11.7. The Bertz CT molecular complexity index is 402. The Hall–Kier alpha value is -1.89. The van der Waals surface area contributed by atoms with Crippen molar-refractivity contribution in [3.05, 3.63) is 18.2 Å². The van der Waals surface area contributed by atoms with Crippen molar-refractivity contribution in [3.8, 4) is 0 Å². The molecule has 1 heterocycles. The molecular weight excluding hydrogens is 236 g/mol. The smallest absolute Gasteiger partial charge is 0.326 e. The molecule has 0 aliphatic heterocycles. The molecule has 0 bridgehead atoms. The zero-order chi connectivity index (χ0) is 13.7. The Labute approximate surface area is 105 Å². The summed E-state index contributed by atoms with van der Waals surface area (Å²) < 4.78 is 0. The lowest BCUT2D eigenvalue weighted by Crippen LogP contribution is -2.47. The van der Waals surface area contributed by atoms with E-state index < -0.39 is 17.9 Å². The van der Waals surface area contributed by atoms with Gasteiger partial charge in [-0.2, -0.15) is 0 Å². The van der Waals surface area contributed by atoms with Crippen LogP contribution in [0.1, 0.15) is 19.5 Å². The Kier molecular flexibility index (Phi) is 4.85. The molecule has 0 saturated heterocycles. The number of aromatic nitrogens is 2. The van der Waals surface area contributed by atoms with Gasteiger partial charge in [0.05, 0.1) is 6.33 Å². The SMILES string of the molecule is CC(N)C(C)C(=O)N[C@H](Cc1cnc[nH]1)C(=O)O. The maximum absolute atomic E-state index is 11.7. The summed E-state index contributed by atoms with van der Waals surface area (Å²) in [5, 5.41) is 11.5. The van der Waals surface area contributed by atoms with Crippen LogP contribution in [-0.2, 0) is 16.0 Å². The molecule has 0 spiro atoms. The lowest BCUT2D eigenvalue weighted by Gasteiger charge is -2.19. The quantitative estimate of drug-likeness (QED) is 0.545. The molecule has 5 N–H and O–H groups in total. The van der Waals surface area contributed by atoms with Crippen LogP contribution in [0.2, 0.25) is 0 Å². The number of aliphatic carboxylic acids is 1. The number of carbonyl (C=O) groups is 2. The van der Waals surface area contributed by atoms with Gasteiger partial charge in [0.15, 0.2) is 0 Å². The van der Waals surface area contributed by atoms with Gasteiger partial charge >= 0.3 is 5.97 Å². The fraction of sp³-hybridized carbons (Fsp3) is 0.545. The Morgan fingerprint density at radius 1 is 1.56 bits per heavy atom. The number of carboxylic acid groups (broad SMARTS) is 1. The molecule has 0 fully saturated rings. The van der Waals surface area contributed by atoms with Crippen LogP contribution in [0.15, 0.2) is 12.5 Å². The lowest BCUT2D eigenvalue weighted by atomic mass is 10.0. The molecule has 0 radical (unpaired) electrons. The number of nitrogens with zero attached hydrogens (tertiary/aromatic N) is 1. The highest BCUT2D eigenvalue weighted by Gasteiger charge is 2.25. The third-order valence-corrected chi connectivity index (χ3v) is 2.80. The first-order chi connectivity index (χ1) is 8.41. The average molecular weight is 254 g/mol. The van der Waals surface area contributed by atoms with Crippen LogP contribution in [0.25, 0.3) is 0 Å². The molecule has 3 atom stereocenters. The van der Waals surface area contributed by atoms with E-state index in [1.54, 1.807) is 13.8 Å². The predicted octanol–water partition coefficient (Wildman–Crippen LogP) is -0.495. The van der Waals surface area contributed by atoms with Gasteiger partial charge in [0.2, 0.25) is 5.91 Å². The van der Waals surface area contributed by atoms with Gasteiger partial charge in [-0.1, -0.05) is 6.92 Å². The number of nitrogens with two attached hydrogens (primary N) is 1. The first-order valence-electron chi connectivity index (χ1n) is 5.67. The summed E-state index contributed by atoms with van der Waals surface area (Å²) in [5.74, 6) is -1.89. The number of rotatable bonds is 6. The van der Waals surface area contributed by atoms with Crippen molar-refractivity contribution >= 4 is 11.9 Å². The molecular formula is C11H18N4O3. The first-order valence-corrected chi connectivity index (χ1v) is 5.67. The highest BCUT2D eigenvalue weighted by Crippen LogP contribution is 2.03. The number of H-pyrrole nitrogens is 1. The second-order valence-corrected chi connectivity index (χ2v) is 4.33. The number of nitrogens with one attached hydrogen (secondary N) is 2. The number of aromatic amines is 1. The zero-order valence-corrected chi connectivity index (χ0v) is 10.4. The van der Waals surface area contributed by atoms with Crippen LogP contribution in [0.5, 0.6) is 0 Å². The van der Waals surface area contributed by atoms with Crippen molar-refractivity contribution in [2.24, 2.45) is 11.7 Å². The van der Waals surface area contributed by atoms with Gasteiger partial charge in [-0.15, -0.1) is 0 Å². The normalized spacial score (nSPS) is 15.7. The van der Waals surface area contributed by atoms with E-state index in [4.69, 9.17) is 10.8 Å². The van der Waals surface area contributed by atoms with Gasteiger partial charge < -0.3 is 21.1 Å². The molecule has 0 saturated carbocycles. The van der Waals surface area contributed by atoms with Gasteiger partial charge in [-0.3, -0.25) is 4.79 Å². The fourth-order valence-electron chi connectivity index (χ4n) is 1.36. The van der Waals surface area contributed by atoms with E-state index in [0.717, 1.165) is 0 Å². The molecule has 2 unspecified atom stereocenters. The van der Waals surface area contributed by atoms with E-state index in [9.17, 15) is 9.59 Å². The zero-order valence-electron chi connectivity index (χ0n) is 10.4. The molecule has 1 amide bonds. The van der Waals surface area contributed by atoms with E-state index in [1.807, 2.05) is 0 Å². The standard InChI is InChI=1S/C11H18N4O3/c1-6(7(2)12)10(16)15-9(11(17)18)3-8-4-13-5-14-8/h4-7,9H,3,12H2,1-2H3,(H,13,14)(H,15,16)(H,17,18)/t6?,7?,9-/m1/s1. The molecule has 1 rings (SSSR count). The monoisotopic (exact) mass is 254 g/mol. The van der Waals surface area contributed by atoms with Crippen LogP contribution in [0, 0.1) is 5.92 Å². The third kappa shape index (κ3) is 3.85. The number of imidazole rings is 1. The molecule has 1 aromatic rings. The minimum Gasteiger partial charge on any atom is -0.480 e. The summed E-state index contributed by atoms with van der Waals surface area (Å²) in [5.41, 5.74) is 6.25. The summed E-state index contributed by atoms with van der Waals surface area (Å²) in [6.07, 6.45) is 3.14. The topological polar surface area (TPSA) is 121 Å². The molecule has 1 aromatic heterocycles. The van der Waals surface area contributed by atoms with E-state index >= 15 is 0 Å². The van der Waals surface area contributed by atoms with Crippen molar-refractivity contribution in [1.82, 2.24) is 15.3 Å². The highest BCUT2D eigenvalue weighted by atomic mass is 16.4. The summed E-state index contributed by atoms with van der Waals surface area (Å²) in [7, 11) is 0. The fourth-order valence-corrected chi connectivity index (χ4v) is 1.36. The van der Waals surface area contributed by atoms with Crippen LogP contribution in [-0.4, -0.2) is 39.0 Å². The molecule has 100 valence electrons. The second kappa shape index (κ2) is 6.15. The predicted molar refractivity (Wildman–Crippen MR) is 64.7 cm³/mol. The van der Waals surface area contributed by atoms with Gasteiger partial charge in [0.1, 0.15) is 6.04 Å². The summed E-state index contributed by atoms with van der Waals surface area (Å²) >= 11 is 0. The van der Waals surface area contributed by atoms with Gasteiger partial charge in [-0.05, 0) is 6.92 Å². The summed E-state index contributed by atoms with van der Waals surface area (Å²) in [4.78, 5) is 29.4. The van der Waals surface area contributed by atoms with Crippen molar-refractivity contribution in [2.75, 3.05) is 0 Å². The number of hydrogen-bond acceptors (Lipinski definition) is 4. The van der Waals surface area contributed by atoms with Crippen molar-refractivity contribution < 1.29 is 14.7 Å². The van der Waals surface area contributed by atoms with Crippen molar-refractivity contribution in [1.29, 1.82) is 0 Å². The molecule has 0 aromatic carbocycles. The van der Waals surface area contributed by atoms with E-state index in [2.05, 4.69) is 15.3 Å². The van der Waals surface area contributed by atoms with Crippen LogP contribution in [0.4, 0.5) is 0 Å². The largest absolute Gasteiger partial charge is 0.480 e. The van der Waals surface area contributed by atoms with E-state index in [0.29, 0.717) is 5.69 Å². The highest BCUT2D eigenvalue weighted by molar-refractivity contribution is 5.85. The number of carboxylic acids is 1. The van der Waals surface area contributed by atoms with Gasteiger partial charge in [0, 0.05) is 30.3 Å². The van der Waals surface area contributed by atoms with Gasteiger partial charge in [0.25, 0.3) is 0 Å². The van der Waals surface area contributed by atoms with Crippen LogP contribution in [0.3, 0.4) is 0 Å². The molecule has 18 heavy (non-hydrogen) atoms.